The number of likely N-dealkylation sites (N-methyl/N-ethyl adjacent to an activating group) is 1. The van der Waals surface area contributed by atoms with Crippen LogP contribution in [0.1, 0.15) is 32.6 Å². The molecule has 1 aliphatic carbocycles. The Balaban J connectivity index is 1.23. The van der Waals surface area contributed by atoms with Crippen molar-refractivity contribution in [3.63, 3.8) is 0 Å². The molecule has 3 fully saturated rings. The molecule has 3 heterocycles. The molecule has 0 aromatic heterocycles. The van der Waals surface area contributed by atoms with Gasteiger partial charge >= 0.3 is 0 Å². The standard InChI is InChI=1S/C24H37N5O5S/c1-16-11-17-14-25-27-24(17)22(12-16)35(31,32)28(2)15-23(30)26-18-3-4-20-21(13-18)34-10-7-29(20)19-5-8-33-9-6-19/h3-4,13,16-17,19,22,24-25,27H,5-12,14-15H2,1-2H3,(H,26,30). The molecule has 194 valence electrons. The number of fused-ring (bicyclic) bond motifs is 2. The van der Waals surface area contributed by atoms with Gasteiger partial charge in [-0.15, -0.1) is 0 Å². The first kappa shape index (κ1) is 24.8. The highest BCUT2D eigenvalue weighted by atomic mass is 32.2. The van der Waals surface area contributed by atoms with Crippen molar-refractivity contribution in [3.8, 4) is 5.75 Å². The van der Waals surface area contributed by atoms with Gasteiger partial charge in [-0.25, -0.2) is 8.42 Å². The van der Waals surface area contributed by atoms with Gasteiger partial charge in [-0.2, -0.15) is 4.31 Å². The molecule has 0 spiro atoms. The summed E-state index contributed by atoms with van der Waals surface area (Å²) in [4.78, 5) is 15.2. The van der Waals surface area contributed by atoms with Crippen LogP contribution < -0.4 is 25.8 Å². The van der Waals surface area contributed by atoms with Crippen LogP contribution in [0.4, 0.5) is 11.4 Å². The van der Waals surface area contributed by atoms with Crippen LogP contribution >= 0.6 is 0 Å². The van der Waals surface area contributed by atoms with Crippen molar-refractivity contribution in [1.82, 2.24) is 15.2 Å². The SMILES string of the molecule is CC1CC2CNNC2C(S(=O)(=O)N(C)CC(=O)Nc2ccc3c(c2)OCCN3C2CCOCC2)C1. The summed E-state index contributed by atoms with van der Waals surface area (Å²) in [6, 6.07) is 5.96. The maximum Gasteiger partial charge on any atom is 0.239 e. The molecule has 3 aliphatic heterocycles. The van der Waals surface area contributed by atoms with Gasteiger partial charge in [-0.3, -0.25) is 15.6 Å². The fraction of sp³-hybridized carbons (Fsp3) is 0.708. The highest BCUT2D eigenvalue weighted by molar-refractivity contribution is 7.89. The summed E-state index contributed by atoms with van der Waals surface area (Å²) in [5.41, 5.74) is 7.90. The number of nitrogens with one attached hydrogen (secondary N) is 3. The molecule has 1 amide bonds. The van der Waals surface area contributed by atoms with Crippen molar-refractivity contribution >= 4 is 27.3 Å². The van der Waals surface area contributed by atoms with Gasteiger partial charge in [-0.1, -0.05) is 6.92 Å². The number of carbonyl (C=O) groups is 1. The molecular formula is C24H37N5O5S. The highest BCUT2D eigenvalue weighted by Gasteiger charge is 2.47. The van der Waals surface area contributed by atoms with Crippen molar-refractivity contribution in [3.05, 3.63) is 18.2 Å². The van der Waals surface area contributed by atoms with Crippen LogP contribution in [0.2, 0.25) is 0 Å². The van der Waals surface area contributed by atoms with Crippen LogP contribution in [-0.2, 0) is 19.6 Å². The number of ether oxygens (including phenoxy) is 2. The summed E-state index contributed by atoms with van der Waals surface area (Å²) < 4.78 is 39.4. The lowest BCUT2D eigenvalue weighted by atomic mass is 9.79. The molecule has 4 unspecified atom stereocenters. The van der Waals surface area contributed by atoms with Gasteiger partial charge in [0.25, 0.3) is 0 Å². The van der Waals surface area contributed by atoms with E-state index in [9.17, 15) is 13.2 Å². The highest BCUT2D eigenvalue weighted by Crippen LogP contribution is 2.37. The second-order valence-corrected chi connectivity index (χ2v) is 12.6. The summed E-state index contributed by atoms with van der Waals surface area (Å²) in [6.07, 6.45) is 3.58. The predicted octanol–water partition coefficient (Wildman–Crippen LogP) is 1.16. The van der Waals surface area contributed by atoms with E-state index in [2.05, 4.69) is 28.0 Å². The number of nitrogens with zero attached hydrogens (tertiary/aromatic N) is 2. The van der Waals surface area contributed by atoms with Crippen molar-refractivity contribution < 1.29 is 22.7 Å². The smallest absolute Gasteiger partial charge is 0.239 e. The quantitative estimate of drug-likeness (QED) is 0.526. The third kappa shape index (κ3) is 5.15. The molecule has 1 saturated carbocycles. The van der Waals surface area contributed by atoms with Gasteiger partial charge < -0.3 is 19.7 Å². The van der Waals surface area contributed by atoms with Gasteiger partial charge in [0.1, 0.15) is 12.4 Å². The van der Waals surface area contributed by atoms with Gasteiger partial charge in [0.2, 0.25) is 15.9 Å². The molecule has 4 atom stereocenters. The Kier molecular flexibility index (Phi) is 7.23. The maximum atomic E-state index is 13.4. The summed E-state index contributed by atoms with van der Waals surface area (Å²) in [6.45, 7) is 5.61. The molecule has 5 rings (SSSR count). The Labute approximate surface area is 207 Å². The Morgan fingerprint density at radius 2 is 2.03 bits per heavy atom. The molecule has 1 aromatic carbocycles. The minimum absolute atomic E-state index is 0.127. The summed E-state index contributed by atoms with van der Waals surface area (Å²) in [7, 11) is -2.15. The Bertz CT molecular complexity index is 1030. The first-order valence-electron chi connectivity index (χ1n) is 12.7. The number of anilines is 2. The monoisotopic (exact) mass is 507 g/mol. The van der Waals surface area contributed by atoms with Gasteiger partial charge in [-0.05, 0) is 49.7 Å². The third-order valence-electron chi connectivity index (χ3n) is 7.84. The molecule has 0 bridgehead atoms. The zero-order chi connectivity index (χ0) is 24.6. The fourth-order valence-corrected chi connectivity index (χ4v) is 8.05. The van der Waals surface area contributed by atoms with Crippen LogP contribution in [0.3, 0.4) is 0 Å². The lowest BCUT2D eigenvalue weighted by Crippen LogP contribution is -2.53. The van der Waals surface area contributed by atoms with Crippen molar-refractivity contribution in [1.29, 1.82) is 0 Å². The maximum absolute atomic E-state index is 13.4. The average Bonchev–Trinajstić information content (AvgIpc) is 3.31. The Morgan fingerprint density at radius 3 is 2.83 bits per heavy atom. The van der Waals surface area contributed by atoms with E-state index in [0.29, 0.717) is 30.7 Å². The van der Waals surface area contributed by atoms with Gasteiger partial charge in [0.05, 0.1) is 24.0 Å². The second-order valence-electron chi connectivity index (χ2n) is 10.3. The lowest BCUT2D eigenvalue weighted by Gasteiger charge is -2.39. The zero-order valence-corrected chi connectivity index (χ0v) is 21.4. The van der Waals surface area contributed by atoms with Gasteiger partial charge in [0, 0.05) is 50.6 Å². The molecular weight excluding hydrogens is 470 g/mol. The molecule has 1 aromatic rings. The van der Waals surface area contributed by atoms with E-state index < -0.39 is 15.3 Å². The van der Waals surface area contributed by atoms with Crippen LogP contribution in [0, 0.1) is 11.8 Å². The van der Waals surface area contributed by atoms with Crippen molar-refractivity contribution in [2.45, 2.75) is 49.9 Å². The number of hydrazine groups is 1. The topological polar surface area (TPSA) is 112 Å². The average molecular weight is 508 g/mol. The third-order valence-corrected chi connectivity index (χ3v) is 10.1. The minimum atomic E-state index is -3.64. The Hall–Kier alpha value is -1.92. The van der Waals surface area contributed by atoms with Crippen LogP contribution in [-0.4, -0.2) is 82.5 Å². The Morgan fingerprint density at radius 1 is 1.23 bits per heavy atom. The van der Waals surface area contributed by atoms with E-state index in [0.717, 1.165) is 57.0 Å². The van der Waals surface area contributed by atoms with E-state index >= 15 is 0 Å². The molecule has 35 heavy (non-hydrogen) atoms. The van der Waals surface area contributed by atoms with E-state index in [1.165, 1.54) is 11.4 Å². The number of hydrogen-bond donors (Lipinski definition) is 3. The van der Waals surface area contributed by atoms with E-state index in [4.69, 9.17) is 9.47 Å². The summed E-state index contributed by atoms with van der Waals surface area (Å²) >= 11 is 0. The number of carbonyl (C=O) groups excluding carboxylic acids is 1. The number of amides is 1. The van der Waals surface area contributed by atoms with Crippen LogP contribution in [0.25, 0.3) is 0 Å². The van der Waals surface area contributed by atoms with Crippen molar-refractivity contribution in [2.75, 3.05) is 56.7 Å². The molecule has 2 saturated heterocycles. The number of benzene rings is 1. The largest absolute Gasteiger partial charge is 0.489 e. The molecule has 0 radical (unpaired) electrons. The molecule has 3 N–H and O–H groups in total. The molecule has 4 aliphatic rings. The zero-order valence-electron chi connectivity index (χ0n) is 20.5. The van der Waals surface area contributed by atoms with E-state index in [1.54, 1.807) is 0 Å². The fourth-order valence-electron chi connectivity index (χ4n) is 6.06. The van der Waals surface area contributed by atoms with Crippen molar-refractivity contribution in [2.24, 2.45) is 11.8 Å². The first-order chi connectivity index (χ1) is 16.8. The summed E-state index contributed by atoms with van der Waals surface area (Å²) in [5, 5.41) is 2.31. The number of sulfonamides is 1. The lowest BCUT2D eigenvalue weighted by molar-refractivity contribution is -0.116. The van der Waals surface area contributed by atoms with Gasteiger partial charge in [0.15, 0.2) is 0 Å². The minimum Gasteiger partial charge on any atom is -0.489 e. The molecule has 10 nitrogen and oxygen atoms in total. The van der Waals surface area contributed by atoms with Crippen LogP contribution in [0.5, 0.6) is 5.75 Å². The van der Waals surface area contributed by atoms with E-state index in [-0.39, 0.29) is 24.4 Å². The number of hydrogen-bond acceptors (Lipinski definition) is 8. The molecule has 11 heteroatoms. The summed E-state index contributed by atoms with van der Waals surface area (Å²) in [5.74, 6) is 0.989. The normalized spacial score (nSPS) is 29.4. The predicted molar refractivity (Wildman–Crippen MR) is 134 cm³/mol. The first-order valence-corrected chi connectivity index (χ1v) is 14.2. The second kappa shape index (κ2) is 10.2. The van der Waals surface area contributed by atoms with Crippen LogP contribution in [0.15, 0.2) is 18.2 Å². The van der Waals surface area contributed by atoms with E-state index in [1.807, 2.05) is 18.2 Å². The number of rotatable bonds is 6.